The van der Waals surface area contributed by atoms with Gasteiger partial charge in [0, 0.05) is 17.5 Å². The van der Waals surface area contributed by atoms with Crippen LogP contribution < -0.4 is 5.32 Å². The number of carbonyl (C=O) groups is 3. The van der Waals surface area contributed by atoms with Crippen molar-refractivity contribution in [2.75, 3.05) is 13.7 Å². The molecule has 2 aromatic carbocycles. The number of nitrogens with one attached hydrogen (secondary N) is 1. The molecule has 1 amide bonds. The Kier molecular flexibility index (Phi) is 6.29. The monoisotopic (exact) mass is 395 g/mol. The topological polar surface area (TPSA) is 94.8 Å². The van der Waals surface area contributed by atoms with Crippen molar-refractivity contribution < 1.29 is 28.3 Å². The van der Waals surface area contributed by atoms with Crippen molar-refractivity contribution in [2.24, 2.45) is 0 Å². The van der Waals surface area contributed by atoms with E-state index in [0.717, 1.165) is 22.1 Å². The fraction of sp³-hybridized carbons (Fsp3) is 0.227. The Labute approximate surface area is 167 Å². The minimum absolute atomic E-state index is 0.0261. The second-order valence-corrected chi connectivity index (χ2v) is 6.56. The van der Waals surface area contributed by atoms with Gasteiger partial charge in [0.2, 0.25) is 0 Å². The number of fused-ring (bicyclic) bond motifs is 1. The number of benzene rings is 2. The molecule has 0 spiro atoms. The molecule has 150 valence electrons. The lowest BCUT2D eigenvalue weighted by Crippen LogP contribution is -2.28. The standard InChI is InChI=1S/C22H21NO6/c1-14-3-8-18-17(12-28-19(18)9-14)10-21(25)29-13-20(24)23-11-15-4-6-16(7-5-15)22(26)27-2/h3-9,12H,10-11,13H2,1-2H3,(H,23,24). The number of carbonyl (C=O) groups excluding carboxylic acids is 3. The summed E-state index contributed by atoms with van der Waals surface area (Å²) < 4.78 is 15.1. The molecule has 0 atom stereocenters. The molecule has 0 radical (unpaired) electrons. The predicted molar refractivity (Wildman–Crippen MR) is 105 cm³/mol. The molecular formula is C22H21NO6. The first kappa shape index (κ1) is 20.1. The zero-order valence-electron chi connectivity index (χ0n) is 16.2. The van der Waals surface area contributed by atoms with Crippen LogP contribution in [0.1, 0.15) is 27.0 Å². The van der Waals surface area contributed by atoms with Crippen molar-refractivity contribution in [3.63, 3.8) is 0 Å². The third-order valence-corrected chi connectivity index (χ3v) is 4.37. The van der Waals surface area contributed by atoms with Gasteiger partial charge >= 0.3 is 11.9 Å². The van der Waals surface area contributed by atoms with Gasteiger partial charge < -0.3 is 19.2 Å². The van der Waals surface area contributed by atoms with Crippen molar-refractivity contribution in [3.8, 4) is 0 Å². The molecule has 1 aromatic heterocycles. The van der Waals surface area contributed by atoms with Gasteiger partial charge in [0.05, 0.1) is 25.4 Å². The molecule has 7 nitrogen and oxygen atoms in total. The van der Waals surface area contributed by atoms with E-state index in [1.165, 1.54) is 13.4 Å². The molecule has 0 aliphatic carbocycles. The smallest absolute Gasteiger partial charge is 0.337 e. The van der Waals surface area contributed by atoms with Crippen LogP contribution in [0.25, 0.3) is 11.0 Å². The number of furan rings is 1. The van der Waals surface area contributed by atoms with E-state index in [9.17, 15) is 14.4 Å². The first-order valence-corrected chi connectivity index (χ1v) is 9.02. The maximum atomic E-state index is 12.0. The van der Waals surface area contributed by atoms with Crippen molar-refractivity contribution in [1.82, 2.24) is 5.32 Å². The van der Waals surface area contributed by atoms with Gasteiger partial charge in [-0.15, -0.1) is 0 Å². The van der Waals surface area contributed by atoms with Crippen molar-refractivity contribution >= 4 is 28.8 Å². The van der Waals surface area contributed by atoms with E-state index in [1.54, 1.807) is 24.3 Å². The van der Waals surface area contributed by atoms with Crippen molar-refractivity contribution in [2.45, 2.75) is 19.9 Å². The van der Waals surface area contributed by atoms with Crippen LogP contribution in [0, 0.1) is 6.92 Å². The summed E-state index contributed by atoms with van der Waals surface area (Å²) in [6.07, 6.45) is 1.56. The molecule has 7 heteroatoms. The van der Waals surface area contributed by atoms with Gasteiger partial charge in [0.1, 0.15) is 5.58 Å². The Morgan fingerprint density at radius 2 is 1.83 bits per heavy atom. The molecule has 0 saturated carbocycles. The second-order valence-electron chi connectivity index (χ2n) is 6.56. The average molecular weight is 395 g/mol. The highest BCUT2D eigenvalue weighted by Crippen LogP contribution is 2.22. The molecule has 1 heterocycles. The number of aryl methyl sites for hydroxylation is 1. The van der Waals surface area contributed by atoms with E-state index in [2.05, 4.69) is 10.1 Å². The highest BCUT2D eigenvalue weighted by atomic mass is 16.5. The minimum Gasteiger partial charge on any atom is -0.465 e. The highest BCUT2D eigenvalue weighted by Gasteiger charge is 2.13. The summed E-state index contributed by atoms with van der Waals surface area (Å²) in [7, 11) is 1.31. The van der Waals surface area contributed by atoms with Crippen LogP contribution in [-0.4, -0.2) is 31.6 Å². The number of hydrogen-bond acceptors (Lipinski definition) is 6. The molecule has 0 bridgehead atoms. The molecule has 0 fully saturated rings. The Balaban J connectivity index is 1.45. The van der Waals surface area contributed by atoms with Crippen LogP contribution in [0.4, 0.5) is 0 Å². The largest absolute Gasteiger partial charge is 0.465 e. The van der Waals surface area contributed by atoms with Gasteiger partial charge in [-0.1, -0.05) is 24.3 Å². The maximum Gasteiger partial charge on any atom is 0.337 e. The van der Waals surface area contributed by atoms with Gasteiger partial charge in [-0.3, -0.25) is 9.59 Å². The Morgan fingerprint density at radius 1 is 1.07 bits per heavy atom. The number of esters is 2. The van der Waals surface area contributed by atoms with E-state index in [-0.39, 0.29) is 19.6 Å². The van der Waals surface area contributed by atoms with Gasteiger partial charge in [-0.05, 0) is 36.2 Å². The number of ether oxygens (including phenoxy) is 2. The second kappa shape index (κ2) is 9.05. The molecule has 29 heavy (non-hydrogen) atoms. The highest BCUT2D eigenvalue weighted by molar-refractivity contribution is 5.89. The molecule has 0 saturated heterocycles. The summed E-state index contributed by atoms with van der Waals surface area (Å²) in [4.78, 5) is 35.3. The Hall–Kier alpha value is -3.61. The lowest BCUT2D eigenvalue weighted by atomic mass is 10.1. The summed E-state index contributed by atoms with van der Waals surface area (Å²) in [6, 6.07) is 12.4. The van der Waals surface area contributed by atoms with Gasteiger partial charge in [-0.25, -0.2) is 4.79 Å². The van der Waals surface area contributed by atoms with Crippen LogP contribution in [0.15, 0.2) is 53.1 Å². The van der Waals surface area contributed by atoms with Gasteiger partial charge in [0.25, 0.3) is 5.91 Å². The fourth-order valence-electron chi connectivity index (χ4n) is 2.81. The average Bonchev–Trinajstić information content (AvgIpc) is 3.12. The van der Waals surface area contributed by atoms with Crippen LogP contribution in [0.5, 0.6) is 0 Å². The van der Waals surface area contributed by atoms with E-state index >= 15 is 0 Å². The molecule has 0 aliphatic heterocycles. The summed E-state index contributed by atoms with van der Waals surface area (Å²) in [5.74, 6) is -1.35. The summed E-state index contributed by atoms with van der Waals surface area (Å²) in [5, 5.41) is 3.51. The van der Waals surface area contributed by atoms with Crippen LogP contribution in [0.3, 0.4) is 0 Å². The SMILES string of the molecule is COC(=O)c1ccc(CNC(=O)COC(=O)Cc2coc3cc(C)ccc23)cc1. The van der Waals surface area contributed by atoms with E-state index in [4.69, 9.17) is 9.15 Å². The lowest BCUT2D eigenvalue weighted by molar-refractivity contribution is -0.147. The van der Waals surface area contributed by atoms with Crippen LogP contribution in [0.2, 0.25) is 0 Å². The maximum absolute atomic E-state index is 12.0. The number of methoxy groups -OCH3 is 1. The van der Waals surface area contributed by atoms with Crippen LogP contribution in [-0.2, 0) is 32.0 Å². The fourth-order valence-corrected chi connectivity index (χ4v) is 2.81. The number of hydrogen-bond donors (Lipinski definition) is 1. The molecule has 3 rings (SSSR count). The minimum atomic E-state index is -0.508. The number of amides is 1. The van der Waals surface area contributed by atoms with E-state index in [1.807, 2.05) is 25.1 Å². The zero-order chi connectivity index (χ0) is 20.8. The first-order valence-electron chi connectivity index (χ1n) is 9.02. The quantitative estimate of drug-likeness (QED) is 0.618. The third-order valence-electron chi connectivity index (χ3n) is 4.37. The summed E-state index contributed by atoms with van der Waals surface area (Å²) >= 11 is 0. The summed E-state index contributed by atoms with van der Waals surface area (Å²) in [5.41, 5.74) is 3.73. The van der Waals surface area contributed by atoms with Crippen LogP contribution >= 0.6 is 0 Å². The molecule has 3 aromatic rings. The lowest BCUT2D eigenvalue weighted by Gasteiger charge is -2.07. The zero-order valence-corrected chi connectivity index (χ0v) is 16.2. The van der Waals surface area contributed by atoms with Crippen molar-refractivity contribution in [3.05, 3.63) is 71.0 Å². The number of rotatable bonds is 7. The van der Waals surface area contributed by atoms with Crippen molar-refractivity contribution in [1.29, 1.82) is 0 Å². The first-order chi connectivity index (χ1) is 14.0. The van der Waals surface area contributed by atoms with E-state index < -0.39 is 17.8 Å². The van der Waals surface area contributed by atoms with E-state index in [0.29, 0.717) is 11.1 Å². The molecular weight excluding hydrogens is 374 g/mol. The Bertz CT molecular complexity index is 1040. The molecule has 1 N–H and O–H groups in total. The Morgan fingerprint density at radius 3 is 2.55 bits per heavy atom. The molecule has 0 unspecified atom stereocenters. The van der Waals surface area contributed by atoms with Gasteiger partial charge in [0.15, 0.2) is 6.61 Å². The van der Waals surface area contributed by atoms with Gasteiger partial charge in [-0.2, -0.15) is 0 Å². The summed E-state index contributed by atoms with van der Waals surface area (Å²) in [6.45, 7) is 1.85. The third kappa shape index (κ3) is 5.22. The normalized spacial score (nSPS) is 10.6. The predicted octanol–water partition coefficient (Wildman–Crippen LogP) is 2.93. The molecule has 0 aliphatic rings.